The molecule has 0 aromatic heterocycles. The molecule has 0 saturated carbocycles. The SMILES string of the molecule is Cc1cc(N(C)C)cc(C)c1NC(=O)C(=O)CCc1ccccc1. The number of benzene rings is 2. The summed E-state index contributed by atoms with van der Waals surface area (Å²) in [7, 11) is 3.94. The largest absolute Gasteiger partial charge is 0.378 e. The fraction of sp³-hybridized carbons (Fsp3) is 0.300. The third-order valence-electron chi connectivity index (χ3n) is 4.01. The fourth-order valence-electron chi connectivity index (χ4n) is 2.60. The average molecular weight is 324 g/mol. The first kappa shape index (κ1) is 17.7. The van der Waals surface area contributed by atoms with Crippen molar-refractivity contribution in [3.8, 4) is 0 Å². The topological polar surface area (TPSA) is 49.4 Å². The third-order valence-corrected chi connectivity index (χ3v) is 4.01. The molecule has 0 aliphatic carbocycles. The molecule has 2 aromatic rings. The molecule has 0 spiro atoms. The summed E-state index contributed by atoms with van der Waals surface area (Å²) in [6.45, 7) is 3.87. The highest BCUT2D eigenvalue weighted by Gasteiger charge is 2.16. The van der Waals surface area contributed by atoms with Gasteiger partial charge in [0.25, 0.3) is 5.91 Å². The Labute approximate surface area is 143 Å². The predicted molar refractivity (Wildman–Crippen MR) is 98.6 cm³/mol. The summed E-state index contributed by atoms with van der Waals surface area (Å²) in [5.41, 5.74) is 4.74. The van der Waals surface area contributed by atoms with Crippen molar-refractivity contribution in [1.82, 2.24) is 0 Å². The van der Waals surface area contributed by atoms with E-state index >= 15 is 0 Å². The van der Waals surface area contributed by atoms with Gasteiger partial charge in [-0.15, -0.1) is 0 Å². The molecule has 4 nitrogen and oxygen atoms in total. The number of carbonyl (C=O) groups excluding carboxylic acids is 2. The highest BCUT2D eigenvalue weighted by atomic mass is 16.2. The molecule has 0 bridgehead atoms. The molecule has 0 saturated heterocycles. The molecule has 0 atom stereocenters. The van der Waals surface area contributed by atoms with E-state index in [0.717, 1.165) is 28.1 Å². The number of aryl methyl sites for hydroxylation is 3. The van der Waals surface area contributed by atoms with Gasteiger partial charge < -0.3 is 10.2 Å². The summed E-state index contributed by atoms with van der Waals surface area (Å²) in [4.78, 5) is 26.3. The van der Waals surface area contributed by atoms with Crippen LogP contribution in [0.15, 0.2) is 42.5 Å². The minimum absolute atomic E-state index is 0.212. The summed E-state index contributed by atoms with van der Waals surface area (Å²) < 4.78 is 0. The van der Waals surface area contributed by atoms with Gasteiger partial charge in [0.05, 0.1) is 0 Å². The summed E-state index contributed by atoms with van der Waals surface area (Å²) >= 11 is 0. The maximum absolute atomic E-state index is 12.2. The molecule has 0 aliphatic rings. The lowest BCUT2D eigenvalue weighted by atomic mass is 10.1. The van der Waals surface area contributed by atoms with Gasteiger partial charge in [-0.25, -0.2) is 0 Å². The van der Waals surface area contributed by atoms with Crippen molar-refractivity contribution in [3.05, 3.63) is 59.2 Å². The van der Waals surface area contributed by atoms with Crippen LogP contribution >= 0.6 is 0 Å². The summed E-state index contributed by atoms with van der Waals surface area (Å²) in [6.07, 6.45) is 0.786. The van der Waals surface area contributed by atoms with Crippen molar-refractivity contribution in [3.63, 3.8) is 0 Å². The van der Waals surface area contributed by atoms with E-state index in [1.54, 1.807) is 0 Å². The Morgan fingerprint density at radius 3 is 2.12 bits per heavy atom. The maximum Gasteiger partial charge on any atom is 0.291 e. The van der Waals surface area contributed by atoms with Crippen molar-refractivity contribution < 1.29 is 9.59 Å². The molecule has 24 heavy (non-hydrogen) atoms. The average Bonchev–Trinajstić information content (AvgIpc) is 2.56. The van der Waals surface area contributed by atoms with Gasteiger partial charge in [0, 0.05) is 31.9 Å². The van der Waals surface area contributed by atoms with Crippen LogP contribution in [0.25, 0.3) is 0 Å². The number of hydrogen-bond acceptors (Lipinski definition) is 3. The van der Waals surface area contributed by atoms with Gasteiger partial charge in [-0.05, 0) is 49.1 Å². The molecular weight excluding hydrogens is 300 g/mol. The Kier molecular flexibility index (Phi) is 5.74. The zero-order valence-electron chi connectivity index (χ0n) is 14.7. The first-order chi connectivity index (χ1) is 11.4. The Morgan fingerprint density at radius 1 is 1.00 bits per heavy atom. The Bertz CT molecular complexity index is 714. The molecule has 2 aromatic carbocycles. The Morgan fingerprint density at radius 2 is 1.58 bits per heavy atom. The van der Waals surface area contributed by atoms with E-state index in [1.165, 1.54) is 0 Å². The van der Waals surface area contributed by atoms with Gasteiger partial charge >= 0.3 is 0 Å². The van der Waals surface area contributed by atoms with Crippen LogP contribution in [-0.4, -0.2) is 25.8 Å². The van der Waals surface area contributed by atoms with Crippen LogP contribution in [0.1, 0.15) is 23.1 Å². The van der Waals surface area contributed by atoms with Crippen LogP contribution in [0.2, 0.25) is 0 Å². The summed E-state index contributed by atoms with van der Waals surface area (Å²) in [5, 5.41) is 2.77. The normalized spacial score (nSPS) is 10.3. The number of nitrogens with zero attached hydrogens (tertiary/aromatic N) is 1. The van der Waals surface area contributed by atoms with Crippen LogP contribution in [-0.2, 0) is 16.0 Å². The Balaban J connectivity index is 2.02. The number of ketones is 1. The van der Waals surface area contributed by atoms with E-state index in [-0.39, 0.29) is 6.42 Å². The number of nitrogens with one attached hydrogen (secondary N) is 1. The first-order valence-corrected chi connectivity index (χ1v) is 8.05. The van der Waals surface area contributed by atoms with Crippen molar-refractivity contribution in [2.24, 2.45) is 0 Å². The lowest BCUT2D eigenvalue weighted by Gasteiger charge is -2.18. The number of hydrogen-bond donors (Lipinski definition) is 1. The number of carbonyl (C=O) groups is 2. The molecule has 2 rings (SSSR count). The van der Waals surface area contributed by atoms with Crippen molar-refractivity contribution in [2.45, 2.75) is 26.7 Å². The van der Waals surface area contributed by atoms with Crippen LogP contribution in [0.3, 0.4) is 0 Å². The van der Waals surface area contributed by atoms with E-state index in [1.807, 2.05) is 75.3 Å². The number of amides is 1. The fourth-order valence-corrected chi connectivity index (χ4v) is 2.60. The molecule has 0 radical (unpaired) electrons. The second kappa shape index (κ2) is 7.77. The second-order valence-electron chi connectivity index (χ2n) is 6.21. The van der Waals surface area contributed by atoms with E-state index in [9.17, 15) is 9.59 Å². The standard InChI is InChI=1S/C20H24N2O2/c1-14-12-17(22(3)4)13-15(2)19(14)21-20(24)18(23)11-10-16-8-6-5-7-9-16/h5-9,12-13H,10-11H2,1-4H3,(H,21,24). The van der Waals surface area contributed by atoms with Gasteiger partial charge in [0.2, 0.25) is 5.78 Å². The van der Waals surface area contributed by atoms with Gasteiger partial charge in [0.1, 0.15) is 0 Å². The van der Waals surface area contributed by atoms with Crippen LogP contribution in [0, 0.1) is 13.8 Å². The van der Waals surface area contributed by atoms with E-state index in [2.05, 4.69) is 5.32 Å². The Hall–Kier alpha value is -2.62. The smallest absolute Gasteiger partial charge is 0.291 e. The molecule has 0 unspecified atom stereocenters. The molecule has 0 aliphatic heterocycles. The third kappa shape index (κ3) is 4.44. The molecule has 4 heteroatoms. The zero-order valence-corrected chi connectivity index (χ0v) is 14.7. The van der Waals surface area contributed by atoms with Gasteiger partial charge in [-0.3, -0.25) is 9.59 Å². The number of rotatable bonds is 6. The lowest BCUT2D eigenvalue weighted by Crippen LogP contribution is -2.24. The lowest BCUT2D eigenvalue weighted by molar-refractivity contribution is -0.134. The van der Waals surface area contributed by atoms with Crippen molar-refractivity contribution in [2.75, 3.05) is 24.3 Å². The van der Waals surface area contributed by atoms with Crippen molar-refractivity contribution in [1.29, 1.82) is 0 Å². The molecule has 0 heterocycles. The molecular formula is C20H24N2O2. The predicted octanol–water partition coefficient (Wildman–Crippen LogP) is 3.51. The van der Waals surface area contributed by atoms with Gasteiger partial charge in [-0.1, -0.05) is 30.3 Å². The minimum Gasteiger partial charge on any atom is -0.378 e. The van der Waals surface area contributed by atoms with Crippen LogP contribution in [0.5, 0.6) is 0 Å². The highest BCUT2D eigenvalue weighted by Crippen LogP contribution is 2.26. The van der Waals surface area contributed by atoms with Crippen LogP contribution < -0.4 is 10.2 Å². The molecule has 0 fully saturated rings. The number of anilines is 2. The van der Waals surface area contributed by atoms with Gasteiger partial charge in [0.15, 0.2) is 0 Å². The van der Waals surface area contributed by atoms with E-state index < -0.39 is 11.7 Å². The second-order valence-corrected chi connectivity index (χ2v) is 6.21. The summed E-state index contributed by atoms with van der Waals surface area (Å²) in [6, 6.07) is 13.7. The van der Waals surface area contributed by atoms with Crippen molar-refractivity contribution >= 4 is 23.1 Å². The van der Waals surface area contributed by atoms with Crippen LogP contribution in [0.4, 0.5) is 11.4 Å². The molecule has 126 valence electrons. The highest BCUT2D eigenvalue weighted by molar-refractivity contribution is 6.40. The maximum atomic E-state index is 12.2. The van der Waals surface area contributed by atoms with E-state index in [4.69, 9.17) is 0 Å². The summed E-state index contributed by atoms with van der Waals surface area (Å²) in [5.74, 6) is -0.941. The quantitative estimate of drug-likeness (QED) is 0.827. The van der Waals surface area contributed by atoms with Gasteiger partial charge in [-0.2, -0.15) is 0 Å². The molecule has 1 N–H and O–H groups in total. The minimum atomic E-state index is -0.547. The molecule has 1 amide bonds. The zero-order chi connectivity index (χ0) is 17.7. The van der Waals surface area contributed by atoms with E-state index in [0.29, 0.717) is 6.42 Å². The monoisotopic (exact) mass is 324 g/mol. The number of Topliss-reactive ketones (excluding diaryl/α,β-unsaturated/α-hetero) is 1. The first-order valence-electron chi connectivity index (χ1n) is 8.05.